The minimum atomic E-state index is -2.80. The Hall–Kier alpha value is -1.24. The lowest BCUT2D eigenvalue weighted by atomic mass is 9.79. The third kappa shape index (κ3) is 3.49. The number of halogens is 2. The van der Waals surface area contributed by atoms with Gasteiger partial charge in [-0.15, -0.1) is 0 Å². The normalized spacial score (nSPS) is 31.3. The monoisotopic (exact) mass is 327 g/mol. The zero-order valence-corrected chi connectivity index (χ0v) is 13.3. The molecule has 3 rings (SSSR count). The van der Waals surface area contributed by atoms with Crippen LogP contribution < -0.4 is 4.74 Å². The molecular formula is C17H23F2NO3. The van der Waals surface area contributed by atoms with Gasteiger partial charge in [0.25, 0.3) is 0 Å². The Balaban J connectivity index is 1.68. The molecule has 3 atom stereocenters. The molecule has 2 fully saturated rings. The number of rotatable bonds is 5. The summed E-state index contributed by atoms with van der Waals surface area (Å²) in [5.74, 6) is 0.171. The Morgan fingerprint density at radius 1 is 1.30 bits per heavy atom. The van der Waals surface area contributed by atoms with Crippen LogP contribution in [-0.2, 0) is 11.3 Å². The van der Waals surface area contributed by atoms with Crippen molar-refractivity contribution in [3.63, 3.8) is 0 Å². The number of methoxy groups -OCH3 is 1. The maximum Gasteiger partial charge on any atom is 0.387 e. The van der Waals surface area contributed by atoms with E-state index in [0.29, 0.717) is 0 Å². The quantitative estimate of drug-likeness (QED) is 0.903. The molecule has 1 aromatic rings. The molecule has 0 bridgehead atoms. The second-order valence-corrected chi connectivity index (χ2v) is 6.46. The fourth-order valence-electron chi connectivity index (χ4n) is 3.97. The number of aliphatic hydroxyl groups excluding tert-OH is 1. The Morgan fingerprint density at radius 3 is 2.70 bits per heavy atom. The first kappa shape index (κ1) is 16.6. The summed E-state index contributed by atoms with van der Waals surface area (Å²) in [5, 5.41) is 10.0. The van der Waals surface area contributed by atoms with Crippen LogP contribution in [0, 0.1) is 0 Å². The summed E-state index contributed by atoms with van der Waals surface area (Å²) in [7, 11) is 1.75. The van der Waals surface area contributed by atoms with E-state index in [2.05, 4.69) is 9.64 Å². The zero-order chi connectivity index (χ0) is 16.4. The van der Waals surface area contributed by atoms with Crippen molar-refractivity contribution in [2.45, 2.75) is 56.6 Å². The standard InChI is InChI=1S/C17H23F2NO3/c1-22-17-7-6-13(21)10-15(17)20(9-8-17)11-12-2-4-14(5-3-12)23-16(18)19/h2-5,13,15-16,21H,6-11H2,1H3/t13-,15+,17-/m1/s1. The number of hydrogen-bond donors (Lipinski definition) is 1. The number of fused-ring (bicyclic) bond motifs is 1. The molecule has 128 valence electrons. The van der Waals surface area contributed by atoms with Crippen LogP contribution in [0.5, 0.6) is 5.75 Å². The molecule has 0 unspecified atom stereocenters. The van der Waals surface area contributed by atoms with Crippen LogP contribution in [0.15, 0.2) is 24.3 Å². The van der Waals surface area contributed by atoms with Gasteiger partial charge in [0.2, 0.25) is 0 Å². The number of benzene rings is 1. The van der Waals surface area contributed by atoms with E-state index in [1.54, 1.807) is 19.2 Å². The van der Waals surface area contributed by atoms with E-state index in [9.17, 15) is 13.9 Å². The number of hydrogen-bond acceptors (Lipinski definition) is 4. The number of likely N-dealkylation sites (tertiary alicyclic amines) is 1. The van der Waals surface area contributed by atoms with Crippen molar-refractivity contribution in [1.29, 1.82) is 0 Å². The van der Waals surface area contributed by atoms with Gasteiger partial charge >= 0.3 is 6.61 Å². The average molecular weight is 327 g/mol. The minimum Gasteiger partial charge on any atom is -0.435 e. The fourth-order valence-corrected chi connectivity index (χ4v) is 3.97. The lowest BCUT2D eigenvalue weighted by Gasteiger charge is -2.42. The first-order chi connectivity index (χ1) is 11.0. The molecule has 1 N–H and O–H groups in total. The van der Waals surface area contributed by atoms with Crippen molar-refractivity contribution in [1.82, 2.24) is 4.90 Å². The van der Waals surface area contributed by atoms with Gasteiger partial charge in [-0.3, -0.25) is 4.90 Å². The molecule has 2 aliphatic rings. The molecule has 1 heterocycles. The first-order valence-electron chi connectivity index (χ1n) is 8.03. The highest BCUT2D eigenvalue weighted by Crippen LogP contribution is 2.42. The highest BCUT2D eigenvalue weighted by molar-refractivity contribution is 5.27. The largest absolute Gasteiger partial charge is 0.435 e. The fraction of sp³-hybridized carbons (Fsp3) is 0.647. The SMILES string of the molecule is CO[C@@]12CC[C@@H](O)C[C@@H]1N(Cc1ccc(OC(F)F)cc1)CC2. The van der Waals surface area contributed by atoms with Crippen LogP contribution in [0.25, 0.3) is 0 Å². The molecule has 6 heteroatoms. The van der Waals surface area contributed by atoms with Gasteiger partial charge in [-0.05, 0) is 43.4 Å². The molecule has 0 spiro atoms. The minimum absolute atomic E-state index is 0.155. The third-order valence-corrected chi connectivity index (χ3v) is 5.21. The van der Waals surface area contributed by atoms with E-state index in [4.69, 9.17) is 4.74 Å². The lowest BCUT2D eigenvalue weighted by molar-refractivity contribution is -0.0879. The summed E-state index contributed by atoms with van der Waals surface area (Å²) in [5.41, 5.74) is 0.886. The lowest BCUT2D eigenvalue weighted by Crippen LogP contribution is -2.51. The Labute approximate surface area is 135 Å². The van der Waals surface area contributed by atoms with Crippen LogP contribution in [0.2, 0.25) is 0 Å². The van der Waals surface area contributed by atoms with Crippen LogP contribution in [0.4, 0.5) is 8.78 Å². The number of nitrogens with zero attached hydrogens (tertiary/aromatic N) is 1. The van der Waals surface area contributed by atoms with Gasteiger partial charge in [0.1, 0.15) is 5.75 Å². The molecule has 1 saturated heterocycles. The van der Waals surface area contributed by atoms with E-state index in [-0.39, 0.29) is 23.5 Å². The van der Waals surface area contributed by atoms with E-state index < -0.39 is 6.61 Å². The van der Waals surface area contributed by atoms with Gasteiger partial charge in [-0.1, -0.05) is 12.1 Å². The third-order valence-electron chi connectivity index (χ3n) is 5.21. The van der Waals surface area contributed by atoms with Crippen molar-refractivity contribution < 1.29 is 23.4 Å². The van der Waals surface area contributed by atoms with Crippen molar-refractivity contribution in [2.24, 2.45) is 0 Å². The number of ether oxygens (including phenoxy) is 2. The summed E-state index contributed by atoms with van der Waals surface area (Å²) in [6.45, 7) is -1.16. The smallest absolute Gasteiger partial charge is 0.387 e. The summed E-state index contributed by atoms with van der Waals surface area (Å²) < 4.78 is 34.6. The van der Waals surface area contributed by atoms with Gasteiger partial charge in [0.05, 0.1) is 11.7 Å². The molecule has 1 aromatic carbocycles. The summed E-state index contributed by atoms with van der Waals surface area (Å²) in [6, 6.07) is 6.95. The number of aliphatic hydroxyl groups is 1. The summed E-state index contributed by atoms with van der Waals surface area (Å²) in [6.07, 6.45) is 3.09. The van der Waals surface area contributed by atoms with Crippen molar-refractivity contribution in [2.75, 3.05) is 13.7 Å². The van der Waals surface area contributed by atoms with Crippen molar-refractivity contribution >= 4 is 0 Å². The molecule has 0 radical (unpaired) electrons. The molecular weight excluding hydrogens is 304 g/mol. The van der Waals surface area contributed by atoms with Crippen LogP contribution in [0.1, 0.15) is 31.2 Å². The maximum atomic E-state index is 12.2. The van der Waals surface area contributed by atoms with Gasteiger partial charge < -0.3 is 14.6 Å². The number of alkyl halides is 2. The van der Waals surface area contributed by atoms with Crippen LogP contribution in [0.3, 0.4) is 0 Å². The topological polar surface area (TPSA) is 41.9 Å². The molecule has 1 saturated carbocycles. The highest BCUT2D eigenvalue weighted by atomic mass is 19.3. The Kier molecular flexibility index (Phi) is 4.85. The predicted octanol–water partition coefficient (Wildman–Crippen LogP) is 2.79. The molecule has 4 nitrogen and oxygen atoms in total. The van der Waals surface area contributed by atoms with Gasteiger partial charge in [0, 0.05) is 26.2 Å². The molecule has 1 aliphatic heterocycles. The average Bonchev–Trinajstić information content (AvgIpc) is 2.88. The highest BCUT2D eigenvalue weighted by Gasteiger charge is 2.50. The Bertz CT molecular complexity index is 525. The van der Waals surface area contributed by atoms with E-state index in [1.165, 1.54) is 0 Å². The maximum absolute atomic E-state index is 12.2. The molecule has 1 aliphatic carbocycles. The predicted molar refractivity (Wildman–Crippen MR) is 81.5 cm³/mol. The summed E-state index contributed by atoms with van der Waals surface area (Å²) >= 11 is 0. The Morgan fingerprint density at radius 2 is 2.04 bits per heavy atom. The molecule has 23 heavy (non-hydrogen) atoms. The summed E-state index contributed by atoms with van der Waals surface area (Å²) in [4.78, 5) is 2.33. The van der Waals surface area contributed by atoms with E-state index in [1.807, 2.05) is 12.1 Å². The van der Waals surface area contributed by atoms with Gasteiger partial charge in [0.15, 0.2) is 0 Å². The first-order valence-corrected chi connectivity index (χ1v) is 8.03. The van der Waals surface area contributed by atoms with Gasteiger partial charge in [-0.25, -0.2) is 0 Å². The second kappa shape index (κ2) is 6.71. The van der Waals surface area contributed by atoms with E-state index >= 15 is 0 Å². The van der Waals surface area contributed by atoms with Crippen LogP contribution in [-0.4, -0.2) is 48.0 Å². The molecule has 0 amide bonds. The zero-order valence-electron chi connectivity index (χ0n) is 13.3. The second-order valence-electron chi connectivity index (χ2n) is 6.46. The van der Waals surface area contributed by atoms with Gasteiger partial charge in [-0.2, -0.15) is 8.78 Å². The van der Waals surface area contributed by atoms with Crippen LogP contribution >= 0.6 is 0 Å². The van der Waals surface area contributed by atoms with Crippen molar-refractivity contribution in [3.8, 4) is 5.75 Å². The van der Waals surface area contributed by atoms with E-state index in [0.717, 1.165) is 44.3 Å². The van der Waals surface area contributed by atoms with Crippen molar-refractivity contribution in [3.05, 3.63) is 29.8 Å². The molecule has 0 aromatic heterocycles.